The summed E-state index contributed by atoms with van der Waals surface area (Å²) in [6.45, 7) is 9.39. The zero-order valence-electron chi connectivity index (χ0n) is 12.7. The first-order valence-corrected chi connectivity index (χ1v) is 7.22. The van der Waals surface area contributed by atoms with E-state index in [1.54, 1.807) is 0 Å². The van der Waals surface area contributed by atoms with Crippen LogP contribution in [0.2, 0.25) is 0 Å². The summed E-state index contributed by atoms with van der Waals surface area (Å²) < 4.78 is 5.44. The Balaban J connectivity index is 3.53. The number of allylic oxidation sites excluding steroid dienone is 4. The summed E-state index contributed by atoms with van der Waals surface area (Å²) in [5.74, 6) is 0. The average molecular weight is 250 g/mol. The third-order valence-corrected chi connectivity index (χ3v) is 2.79. The highest BCUT2D eigenvalue weighted by atomic mass is 16.5. The van der Waals surface area contributed by atoms with E-state index in [-0.39, 0.29) is 0 Å². The molecule has 0 atom stereocenters. The van der Waals surface area contributed by atoms with Gasteiger partial charge in [-0.25, -0.2) is 0 Å². The second-order valence-corrected chi connectivity index (χ2v) is 5.07. The van der Waals surface area contributed by atoms with E-state index in [0.29, 0.717) is 6.61 Å². The first-order chi connectivity index (χ1) is 8.66. The molecule has 0 unspecified atom stereocenters. The van der Waals surface area contributed by atoms with Gasteiger partial charge in [-0.15, -0.1) is 0 Å². The summed E-state index contributed by atoms with van der Waals surface area (Å²) in [6, 6.07) is 0. The molecule has 0 aromatic rings. The molecule has 0 spiro atoms. The van der Waals surface area contributed by atoms with Crippen LogP contribution in [-0.4, -0.2) is 6.61 Å². The van der Waals surface area contributed by atoms with Crippen molar-refractivity contribution in [2.24, 2.45) is 0 Å². The molecule has 18 heavy (non-hydrogen) atoms. The van der Waals surface area contributed by atoms with Crippen LogP contribution < -0.4 is 0 Å². The molecular formula is C17H30O. The van der Waals surface area contributed by atoms with Crippen molar-refractivity contribution in [1.82, 2.24) is 0 Å². The van der Waals surface area contributed by atoms with Gasteiger partial charge in [0, 0.05) is 0 Å². The third kappa shape index (κ3) is 13.1. The zero-order chi connectivity index (χ0) is 13.6. The highest BCUT2D eigenvalue weighted by molar-refractivity contribution is 5.02. The van der Waals surface area contributed by atoms with Crippen LogP contribution in [0.4, 0.5) is 0 Å². The molecule has 1 heteroatoms. The van der Waals surface area contributed by atoms with Crippen molar-refractivity contribution < 1.29 is 4.74 Å². The first-order valence-electron chi connectivity index (χ1n) is 7.22. The Hall–Kier alpha value is -0.980. The van der Waals surface area contributed by atoms with Gasteiger partial charge in [-0.3, -0.25) is 0 Å². The Labute approximate surface area is 114 Å². The standard InChI is InChI=1S/C17H30O/c1-5-6-7-8-9-14-18-15-13-17(4)12-10-11-16(2)3/h9,11,13-14H,5-8,10,12,15H2,1-4H3/b14-9+,17-13+. The molecule has 0 heterocycles. The van der Waals surface area contributed by atoms with Crippen molar-refractivity contribution in [2.75, 3.05) is 6.61 Å². The van der Waals surface area contributed by atoms with Crippen LogP contribution in [0, 0.1) is 0 Å². The van der Waals surface area contributed by atoms with E-state index >= 15 is 0 Å². The summed E-state index contributed by atoms with van der Waals surface area (Å²) in [5, 5.41) is 0. The molecule has 0 aromatic heterocycles. The molecular weight excluding hydrogens is 220 g/mol. The fourth-order valence-electron chi connectivity index (χ4n) is 1.58. The highest BCUT2D eigenvalue weighted by Crippen LogP contribution is 2.06. The quantitative estimate of drug-likeness (QED) is 0.271. The lowest BCUT2D eigenvalue weighted by Gasteiger charge is -2.00. The Morgan fingerprint density at radius 3 is 2.44 bits per heavy atom. The van der Waals surface area contributed by atoms with Crippen molar-refractivity contribution in [3.05, 3.63) is 35.6 Å². The molecule has 1 nitrogen and oxygen atoms in total. The SMILES string of the molecule is CCCCC/C=C/OC/C=C(\C)CCC=C(C)C. The van der Waals surface area contributed by atoms with Crippen LogP contribution in [0.5, 0.6) is 0 Å². The Kier molecular flexibility index (Phi) is 11.8. The van der Waals surface area contributed by atoms with Crippen LogP contribution in [0.15, 0.2) is 35.6 Å². The molecule has 0 aromatic carbocycles. The van der Waals surface area contributed by atoms with Gasteiger partial charge < -0.3 is 4.74 Å². The predicted molar refractivity (Wildman–Crippen MR) is 81.7 cm³/mol. The minimum Gasteiger partial charge on any atom is -0.497 e. The van der Waals surface area contributed by atoms with Crippen LogP contribution in [0.3, 0.4) is 0 Å². The van der Waals surface area contributed by atoms with Gasteiger partial charge in [0.2, 0.25) is 0 Å². The van der Waals surface area contributed by atoms with Gasteiger partial charge in [0.05, 0.1) is 6.26 Å². The Bertz CT molecular complexity index is 267. The van der Waals surface area contributed by atoms with Crippen LogP contribution in [0.25, 0.3) is 0 Å². The molecule has 0 saturated heterocycles. The van der Waals surface area contributed by atoms with Crippen molar-refractivity contribution in [3.63, 3.8) is 0 Å². The van der Waals surface area contributed by atoms with Crippen molar-refractivity contribution in [3.8, 4) is 0 Å². The number of rotatable bonds is 10. The van der Waals surface area contributed by atoms with E-state index < -0.39 is 0 Å². The second-order valence-electron chi connectivity index (χ2n) is 5.07. The third-order valence-electron chi connectivity index (χ3n) is 2.79. The lowest BCUT2D eigenvalue weighted by atomic mass is 10.1. The van der Waals surface area contributed by atoms with Gasteiger partial charge in [-0.05, 0) is 58.6 Å². The minimum absolute atomic E-state index is 0.699. The topological polar surface area (TPSA) is 9.23 Å². The van der Waals surface area contributed by atoms with Gasteiger partial charge in [-0.1, -0.05) is 37.0 Å². The fraction of sp³-hybridized carbons (Fsp3) is 0.647. The monoisotopic (exact) mass is 250 g/mol. The van der Waals surface area contributed by atoms with Crippen LogP contribution in [-0.2, 0) is 4.74 Å². The van der Waals surface area contributed by atoms with Gasteiger partial charge in [0.15, 0.2) is 0 Å². The van der Waals surface area contributed by atoms with Crippen LogP contribution in [0.1, 0.15) is 66.2 Å². The van der Waals surface area contributed by atoms with E-state index in [0.717, 1.165) is 19.3 Å². The Morgan fingerprint density at radius 1 is 1.00 bits per heavy atom. The minimum atomic E-state index is 0.699. The maximum absolute atomic E-state index is 5.44. The smallest absolute Gasteiger partial charge is 0.106 e. The molecule has 0 rings (SSSR count). The van der Waals surface area contributed by atoms with Crippen LogP contribution >= 0.6 is 0 Å². The lowest BCUT2D eigenvalue weighted by molar-refractivity contribution is 0.287. The summed E-state index contributed by atoms with van der Waals surface area (Å²) in [4.78, 5) is 0. The average Bonchev–Trinajstić information content (AvgIpc) is 2.32. The normalized spacial score (nSPS) is 11.9. The van der Waals surface area contributed by atoms with Crippen molar-refractivity contribution >= 4 is 0 Å². The van der Waals surface area contributed by atoms with Gasteiger partial charge in [0.25, 0.3) is 0 Å². The molecule has 0 bridgehead atoms. The summed E-state index contributed by atoms with van der Waals surface area (Å²) in [6.07, 6.45) is 15.7. The maximum Gasteiger partial charge on any atom is 0.106 e. The lowest BCUT2D eigenvalue weighted by Crippen LogP contribution is -1.85. The van der Waals surface area contributed by atoms with E-state index in [1.165, 1.54) is 30.4 Å². The molecule has 0 aliphatic rings. The second kappa shape index (κ2) is 12.5. The van der Waals surface area contributed by atoms with Gasteiger partial charge in [-0.2, -0.15) is 0 Å². The number of hydrogen-bond donors (Lipinski definition) is 0. The molecule has 0 aliphatic carbocycles. The molecule has 0 aliphatic heterocycles. The fourth-order valence-corrected chi connectivity index (χ4v) is 1.58. The molecule has 0 saturated carbocycles. The first kappa shape index (κ1) is 17.0. The van der Waals surface area contributed by atoms with Gasteiger partial charge >= 0.3 is 0 Å². The summed E-state index contributed by atoms with van der Waals surface area (Å²) in [7, 11) is 0. The van der Waals surface area contributed by atoms with E-state index in [9.17, 15) is 0 Å². The van der Waals surface area contributed by atoms with E-state index in [2.05, 4.69) is 45.9 Å². The van der Waals surface area contributed by atoms with Gasteiger partial charge in [0.1, 0.15) is 6.61 Å². The summed E-state index contributed by atoms with van der Waals surface area (Å²) in [5.41, 5.74) is 2.81. The van der Waals surface area contributed by atoms with Crippen molar-refractivity contribution in [2.45, 2.75) is 66.2 Å². The zero-order valence-corrected chi connectivity index (χ0v) is 12.7. The number of unbranched alkanes of at least 4 members (excludes halogenated alkanes) is 3. The largest absolute Gasteiger partial charge is 0.497 e. The van der Waals surface area contributed by atoms with E-state index in [4.69, 9.17) is 4.74 Å². The maximum atomic E-state index is 5.44. The molecule has 0 fully saturated rings. The number of ether oxygens (including phenoxy) is 1. The van der Waals surface area contributed by atoms with Crippen molar-refractivity contribution in [1.29, 1.82) is 0 Å². The number of hydrogen-bond acceptors (Lipinski definition) is 1. The predicted octanol–water partition coefficient (Wildman–Crippen LogP) is 5.79. The molecule has 0 N–H and O–H groups in total. The molecule has 0 radical (unpaired) electrons. The highest BCUT2D eigenvalue weighted by Gasteiger charge is 1.88. The molecule has 104 valence electrons. The van der Waals surface area contributed by atoms with E-state index in [1.807, 2.05) is 6.26 Å². The molecule has 0 amide bonds. The summed E-state index contributed by atoms with van der Waals surface area (Å²) >= 11 is 0. The Morgan fingerprint density at radius 2 is 1.78 bits per heavy atom.